The van der Waals surface area contributed by atoms with Crippen molar-refractivity contribution in [2.24, 2.45) is 0 Å². The van der Waals surface area contributed by atoms with Crippen LogP contribution in [0.5, 0.6) is 0 Å². The third-order valence-corrected chi connectivity index (χ3v) is 6.99. The van der Waals surface area contributed by atoms with E-state index in [9.17, 15) is 0 Å². The molecule has 0 aromatic heterocycles. The highest BCUT2D eigenvalue weighted by molar-refractivity contribution is 7.56. The van der Waals surface area contributed by atoms with Crippen LogP contribution >= 0.6 is 8.58 Å². The van der Waals surface area contributed by atoms with Crippen LogP contribution in [0.25, 0.3) is 43.8 Å². The molecule has 5 aromatic rings. The molecular formula is C26H17P. The van der Waals surface area contributed by atoms with E-state index in [1.54, 1.807) is 0 Å². The Hall–Kier alpha value is -2.95. The Morgan fingerprint density at radius 1 is 0.407 bits per heavy atom. The van der Waals surface area contributed by atoms with Crippen LogP contribution in [0.1, 0.15) is 0 Å². The van der Waals surface area contributed by atoms with Crippen molar-refractivity contribution in [2.75, 3.05) is 0 Å². The molecule has 27 heavy (non-hydrogen) atoms. The van der Waals surface area contributed by atoms with Gasteiger partial charge in [-0.2, -0.15) is 0 Å². The maximum absolute atomic E-state index is 2.34. The summed E-state index contributed by atoms with van der Waals surface area (Å²) >= 11 is 0. The van der Waals surface area contributed by atoms with Crippen LogP contribution < -0.4 is 10.6 Å². The predicted molar refractivity (Wildman–Crippen MR) is 120 cm³/mol. The first kappa shape index (κ1) is 15.1. The number of benzene rings is 5. The maximum Gasteiger partial charge on any atom is -0.00139 e. The van der Waals surface area contributed by atoms with E-state index in [4.69, 9.17) is 0 Å². The topological polar surface area (TPSA) is 0 Å². The first-order valence-electron chi connectivity index (χ1n) is 9.30. The highest BCUT2D eigenvalue weighted by Crippen LogP contribution is 2.44. The molecule has 1 aliphatic heterocycles. The first-order chi connectivity index (χ1) is 13.4. The SMILES string of the molecule is c1ccc2c(c1)Pc1ccc3ccccc3c1-c1c-2ccc2ccccc12. The summed E-state index contributed by atoms with van der Waals surface area (Å²) in [6.45, 7) is 0. The van der Waals surface area contributed by atoms with Gasteiger partial charge < -0.3 is 0 Å². The van der Waals surface area contributed by atoms with Gasteiger partial charge in [0, 0.05) is 0 Å². The lowest BCUT2D eigenvalue weighted by molar-refractivity contribution is 1.67. The summed E-state index contributed by atoms with van der Waals surface area (Å²) < 4.78 is 0. The summed E-state index contributed by atoms with van der Waals surface area (Å²) in [6, 6.07) is 35.7. The number of rotatable bonds is 0. The summed E-state index contributed by atoms with van der Waals surface area (Å²) in [7, 11) is 0.668. The molecule has 0 saturated carbocycles. The van der Waals surface area contributed by atoms with Gasteiger partial charge in [-0.25, -0.2) is 0 Å². The van der Waals surface area contributed by atoms with Crippen LogP contribution in [-0.2, 0) is 0 Å². The molecule has 1 heterocycles. The lowest BCUT2D eigenvalue weighted by Gasteiger charge is -2.16. The Labute approximate surface area is 160 Å². The van der Waals surface area contributed by atoms with Gasteiger partial charge >= 0.3 is 0 Å². The van der Waals surface area contributed by atoms with E-state index in [1.807, 2.05) is 0 Å². The maximum atomic E-state index is 2.34. The summed E-state index contributed by atoms with van der Waals surface area (Å²) in [5, 5.41) is 8.19. The van der Waals surface area contributed by atoms with Crippen LogP contribution in [0.3, 0.4) is 0 Å². The second-order valence-corrected chi connectivity index (χ2v) is 8.42. The molecule has 0 amide bonds. The van der Waals surface area contributed by atoms with Crippen molar-refractivity contribution in [1.82, 2.24) is 0 Å². The Kier molecular flexibility index (Phi) is 3.24. The number of hydrogen-bond acceptors (Lipinski definition) is 0. The van der Waals surface area contributed by atoms with E-state index in [0.29, 0.717) is 8.58 Å². The molecule has 0 spiro atoms. The van der Waals surface area contributed by atoms with Gasteiger partial charge in [-0.3, -0.25) is 0 Å². The second-order valence-electron chi connectivity index (χ2n) is 7.09. The molecule has 126 valence electrons. The molecule has 1 unspecified atom stereocenters. The minimum absolute atomic E-state index is 0.668. The molecule has 0 radical (unpaired) electrons. The van der Waals surface area contributed by atoms with Crippen molar-refractivity contribution in [1.29, 1.82) is 0 Å². The van der Waals surface area contributed by atoms with E-state index in [0.717, 1.165) is 0 Å². The molecule has 0 saturated heterocycles. The quantitative estimate of drug-likeness (QED) is 0.280. The molecule has 1 atom stereocenters. The summed E-state index contributed by atoms with van der Waals surface area (Å²) in [6.07, 6.45) is 0. The fraction of sp³-hybridized carbons (Fsp3) is 0. The van der Waals surface area contributed by atoms with Crippen molar-refractivity contribution < 1.29 is 0 Å². The van der Waals surface area contributed by atoms with E-state index in [1.165, 1.54) is 54.4 Å². The van der Waals surface area contributed by atoms with E-state index >= 15 is 0 Å². The zero-order valence-electron chi connectivity index (χ0n) is 14.7. The van der Waals surface area contributed by atoms with Crippen molar-refractivity contribution in [2.45, 2.75) is 0 Å². The van der Waals surface area contributed by atoms with Crippen LogP contribution in [0.4, 0.5) is 0 Å². The lowest BCUT2D eigenvalue weighted by Crippen LogP contribution is -2.05. The predicted octanol–water partition coefficient (Wildman–Crippen LogP) is 6.27. The van der Waals surface area contributed by atoms with Crippen LogP contribution in [0, 0.1) is 0 Å². The minimum atomic E-state index is 0.668. The summed E-state index contributed by atoms with van der Waals surface area (Å²) in [4.78, 5) is 0. The van der Waals surface area contributed by atoms with Gasteiger partial charge in [-0.05, 0) is 54.4 Å². The largest absolute Gasteiger partial charge is 0.0616 e. The van der Waals surface area contributed by atoms with Gasteiger partial charge in [-0.1, -0.05) is 106 Å². The van der Waals surface area contributed by atoms with E-state index in [-0.39, 0.29) is 0 Å². The molecule has 0 N–H and O–H groups in total. The van der Waals surface area contributed by atoms with Crippen molar-refractivity contribution in [3.8, 4) is 22.3 Å². The Balaban J connectivity index is 1.88. The average molecular weight is 360 g/mol. The van der Waals surface area contributed by atoms with Gasteiger partial charge in [0.15, 0.2) is 0 Å². The third-order valence-electron chi connectivity index (χ3n) is 5.59. The van der Waals surface area contributed by atoms with Crippen LogP contribution in [-0.4, -0.2) is 0 Å². The average Bonchev–Trinajstić information content (AvgIpc) is 2.88. The van der Waals surface area contributed by atoms with E-state index < -0.39 is 0 Å². The monoisotopic (exact) mass is 360 g/mol. The smallest absolute Gasteiger partial charge is 0.00139 e. The molecule has 0 nitrogen and oxygen atoms in total. The van der Waals surface area contributed by atoms with Crippen LogP contribution in [0.15, 0.2) is 97.1 Å². The Bertz CT molecular complexity index is 1350. The summed E-state index contributed by atoms with van der Waals surface area (Å²) in [5.41, 5.74) is 5.52. The minimum Gasteiger partial charge on any atom is -0.0616 e. The Morgan fingerprint density at radius 2 is 1.04 bits per heavy atom. The van der Waals surface area contributed by atoms with E-state index in [2.05, 4.69) is 97.1 Å². The van der Waals surface area contributed by atoms with Crippen molar-refractivity contribution >= 4 is 40.7 Å². The standard InChI is InChI=1S/C26H17P/c1-3-9-19-17(7-1)13-15-22-21-11-5-6-12-23(21)27-24-16-14-18-8-2-4-10-20(18)26(24)25(19)22/h1-16,27H. The molecule has 0 fully saturated rings. The fourth-order valence-corrected chi connectivity index (χ4v) is 5.76. The van der Waals surface area contributed by atoms with Gasteiger partial charge in [0.2, 0.25) is 0 Å². The molecule has 1 aliphatic rings. The molecular weight excluding hydrogens is 343 g/mol. The highest BCUT2D eigenvalue weighted by Gasteiger charge is 2.22. The molecule has 6 rings (SSSR count). The van der Waals surface area contributed by atoms with Crippen molar-refractivity contribution in [3.05, 3.63) is 97.1 Å². The summed E-state index contributed by atoms with van der Waals surface area (Å²) in [5.74, 6) is 0. The highest BCUT2D eigenvalue weighted by atomic mass is 31.1. The second kappa shape index (κ2) is 5.78. The normalized spacial score (nSPS) is 13.2. The number of hydrogen-bond donors (Lipinski definition) is 0. The Morgan fingerprint density at radius 3 is 1.85 bits per heavy atom. The first-order valence-corrected chi connectivity index (χ1v) is 10.3. The zero-order valence-corrected chi connectivity index (χ0v) is 15.7. The van der Waals surface area contributed by atoms with Gasteiger partial charge in [0.05, 0.1) is 0 Å². The fourth-order valence-electron chi connectivity index (χ4n) is 4.38. The van der Waals surface area contributed by atoms with Crippen LogP contribution in [0.2, 0.25) is 0 Å². The third kappa shape index (κ3) is 2.21. The number of fused-ring (bicyclic) bond motifs is 9. The van der Waals surface area contributed by atoms with Gasteiger partial charge in [0.1, 0.15) is 0 Å². The molecule has 0 aliphatic carbocycles. The lowest BCUT2D eigenvalue weighted by atomic mass is 9.87. The van der Waals surface area contributed by atoms with Gasteiger partial charge in [-0.15, -0.1) is 0 Å². The molecule has 1 heteroatoms. The zero-order chi connectivity index (χ0) is 17.8. The van der Waals surface area contributed by atoms with Crippen molar-refractivity contribution in [3.63, 3.8) is 0 Å². The van der Waals surface area contributed by atoms with Gasteiger partial charge in [0.25, 0.3) is 0 Å². The molecule has 5 aromatic carbocycles. The molecule has 0 bridgehead atoms.